The predicted octanol–water partition coefficient (Wildman–Crippen LogP) is 3.23. The van der Waals surface area contributed by atoms with Crippen molar-refractivity contribution >= 4 is 11.0 Å². The number of nitrogens with zero attached hydrogens (tertiary/aromatic N) is 2. The highest BCUT2D eigenvalue weighted by Crippen LogP contribution is 2.25. The molecule has 0 unspecified atom stereocenters. The van der Waals surface area contributed by atoms with Gasteiger partial charge in [0.05, 0.1) is 6.54 Å². The molecule has 0 aliphatic rings. The molecular formula is C15H17N3O2. The van der Waals surface area contributed by atoms with E-state index in [1.54, 1.807) is 0 Å². The molecule has 0 aliphatic heterocycles. The van der Waals surface area contributed by atoms with Gasteiger partial charge in [-0.15, -0.1) is 0 Å². The highest BCUT2D eigenvalue weighted by atomic mass is 16.5. The van der Waals surface area contributed by atoms with Crippen LogP contribution in [0.1, 0.15) is 19.7 Å². The van der Waals surface area contributed by atoms with Gasteiger partial charge in [0, 0.05) is 5.39 Å². The molecule has 20 heavy (non-hydrogen) atoms. The fourth-order valence-corrected chi connectivity index (χ4v) is 1.99. The van der Waals surface area contributed by atoms with Crippen LogP contribution in [0.2, 0.25) is 0 Å². The van der Waals surface area contributed by atoms with Gasteiger partial charge in [-0.25, -0.2) is 0 Å². The summed E-state index contributed by atoms with van der Waals surface area (Å²) >= 11 is 0. The first-order valence-corrected chi connectivity index (χ1v) is 6.74. The molecule has 0 saturated carbocycles. The number of nitrogens with one attached hydrogen (secondary N) is 1. The molecule has 5 nitrogen and oxygen atoms in total. The van der Waals surface area contributed by atoms with Crippen molar-refractivity contribution in [1.82, 2.24) is 15.5 Å². The van der Waals surface area contributed by atoms with Crippen LogP contribution in [0.25, 0.3) is 22.6 Å². The molecule has 0 atom stereocenters. The minimum atomic E-state index is 0.488. The monoisotopic (exact) mass is 271 g/mol. The minimum absolute atomic E-state index is 0.488. The van der Waals surface area contributed by atoms with Gasteiger partial charge in [-0.05, 0) is 24.6 Å². The summed E-state index contributed by atoms with van der Waals surface area (Å²) in [7, 11) is 0. The van der Waals surface area contributed by atoms with Crippen LogP contribution in [0.3, 0.4) is 0 Å². The maximum Gasteiger partial charge on any atom is 0.241 e. The van der Waals surface area contributed by atoms with Crippen LogP contribution in [0, 0.1) is 5.92 Å². The summed E-state index contributed by atoms with van der Waals surface area (Å²) in [5.74, 6) is 2.28. The maximum atomic E-state index is 5.70. The standard InChI is InChI=1S/C15H17N3O2/c1-10(2)8-16-9-14-17-15(18-20-14)13-7-11-5-3-4-6-12(11)19-13/h3-7,10,16H,8-9H2,1-2H3. The summed E-state index contributed by atoms with van der Waals surface area (Å²) in [6, 6.07) is 9.75. The van der Waals surface area contributed by atoms with Crippen LogP contribution in [0.15, 0.2) is 39.3 Å². The van der Waals surface area contributed by atoms with Crippen molar-refractivity contribution in [2.75, 3.05) is 6.54 Å². The van der Waals surface area contributed by atoms with Gasteiger partial charge in [0.2, 0.25) is 11.7 Å². The van der Waals surface area contributed by atoms with Crippen LogP contribution in [-0.4, -0.2) is 16.7 Å². The van der Waals surface area contributed by atoms with Crippen molar-refractivity contribution in [3.63, 3.8) is 0 Å². The van der Waals surface area contributed by atoms with Crippen molar-refractivity contribution in [1.29, 1.82) is 0 Å². The second-order valence-electron chi connectivity index (χ2n) is 5.18. The van der Waals surface area contributed by atoms with E-state index < -0.39 is 0 Å². The van der Waals surface area contributed by atoms with Gasteiger partial charge < -0.3 is 14.3 Å². The molecule has 2 aromatic heterocycles. The lowest BCUT2D eigenvalue weighted by atomic mass is 10.2. The molecule has 0 fully saturated rings. The van der Waals surface area contributed by atoms with Gasteiger partial charge in [0.1, 0.15) is 5.58 Å². The quantitative estimate of drug-likeness (QED) is 0.771. The van der Waals surface area contributed by atoms with Crippen LogP contribution in [-0.2, 0) is 6.54 Å². The number of para-hydroxylation sites is 1. The fraction of sp³-hybridized carbons (Fsp3) is 0.333. The van der Waals surface area contributed by atoms with Crippen molar-refractivity contribution in [3.05, 3.63) is 36.2 Å². The largest absolute Gasteiger partial charge is 0.453 e. The number of aromatic nitrogens is 2. The molecule has 0 aliphatic carbocycles. The van der Waals surface area contributed by atoms with Crippen molar-refractivity contribution < 1.29 is 8.94 Å². The Hall–Kier alpha value is -2.14. The molecule has 0 radical (unpaired) electrons. The van der Waals surface area contributed by atoms with E-state index in [9.17, 15) is 0 Å². The molecule has 0 bridgehead atoms. The SMILES string of the molecule is CC(C)CNCc1nc(-c2cc3ccccc3o2)no1. The van der Waals surface area contributed by atoms with E-state index in [4.69, 9.17) is 8.94 Å². The number of hydrogen-bond donors (Lipinski definition) is 1. The Labute approximate surface area is 117 Å². The van der Waals surface area contributed by atoms with Gasteiger partial charge in [-0.1, -0.05) is 37.2 Å². The molecular weight excluding hydrogens is 254 g/mol. The summed E-state index contributed by atoms with van der Waals surface area (Å²) in [4.78, 5) is 4.34. The fourth-order valence-electron chi connectivity index (χ4n) is 1.99. The molecule has 1 N–H and O–H groups in total. The highest BCUT2D eigenvalue weighted by Gasteiger charge is 2.13. The molecule has 0 saturated heterocycles. The Kier molecular flexibility index (Phi) is 3.52. The number of hydrogen-bond acceptors (Lipinski definition) is 5. The van der Waals surface area contributed by atoms with Gasteiger partial charge in [-0.2, -0.15) is 4.98 Å². The van der Waals surface area contributed by atoms with Gasteiger partial charge in [-0.3, -0.25) is 0 Å². The van der Waals surface area contributed by atoms with Crippen molar-refractivity contribution in [3.8, 4) is 11.6 Å². The Morgan fingerprint density at radius 3 is 2.90 bits per heavy atom. The summed E-state index contributed by atoms with van der Waals surface area (Å²) in [6.45, 7) is 5.80. The summed E-state index contributed by atoms with van der Waals surface area (Å²) in [5, 5.41) is 8.26. The Balaban J connectivity index is 1.75. The molecule has 0 amide bonds. The Bertz CT molecular complexity index is 667. The van der Waals surface area contributed by atoms with E-state index in [-0.39, 0.29) is 0 Å². The van der Waals surface area contributed by atoms with Crippen LogP contribution >= 0.6 is 0 Å². The zero-order valence-electron chi connectivity index (χ0n) is 11.6. The number of rotatable bonds is 5. The zero-order chi connectivity index (χ0) is 13.9. The number of benzene rings is 1. The van der Waals surface area contributed by atoms with Crippen molar-refractivity contribution in [2.24, 2.45) is 5.92 Å². The average molecular weight is 271 g/mol. The van der Waals surface area contributed by atoms with Crippen molar-refractivity contribution in [2.45, 2.75) is 20.4 Å². The smallest absolute Gasteiger partial charge is 0.241 e. The van der Waals surface area contributed by atoms with E-state index in [1.165, 1.54) is 0 Å². The predicted molar refractivity (Wildman–Crippen MR) is 76.1 cm³/mol. The second-order valence-corrected chi connectivity index (χ2v) is 5.18. The maximum absolute atomic E-state index is 5.70. The molecule has 5 heteroatoms. The van der Waals surface area contributed by atoms with E-state index in [0.717, 1.165) is 17.5 Å². The minimum Gasteiger partial charge on any atom is -0.453 e. The third-order valence-corrected chi connectivity index (χ3v) is 2.94. The molecule has 0 spiro atoms. The zero-order valence-corrected chi connectivity index (χ0v) is 11.6. The van der Waals surface area contributed by atoms with E-state index in [2.05, 4.69) is 29.3 Å². The topological polar surface area (TPSA) is 64.1 Å². The summed E-state index contributed by atoms with van der Waals surface area (Å²) in [5.41, 5.74) is 0.826. The van der Waals surface area contributed by atoms with Crippen LogP contribution in [0.4, 0.5) is 0 Å². The second kappa shape index (κ2) is 5.46. The van der Waals surface area contributed by atoms with Crippen LogP contribution < -0.4 is 5.32 Å². The van der Waals surface area contributed by atoms with Crippen LogP contribution in [0.5, 0.6) is 0 Å². The van der Waals surface area contributed by atoms with E-state index >= 15 is 0 Å². The first-order valence-electron chi connectivity index (χ1n) is 6.74. The van der Waals surface area contributed by atoms with E-state index in [0.29, 0.717) is 29.9 Å². The summed E-state index contributed by atoms with van der Waals surface area (Å²) in [6.07, 6.45) is 0. The van der Waals surface area contributed by atoms with Gasteiger partial charge in [0.15, 0.2) is 5.76 Å². The first-order chi connectivity index (χ1) is 9.72. The normalized spacial score (nSPS) is 11.6. The lowest BCUT2D eigenvalue weighted by molar-refractivity contribution is 0.363. The Morgan fingerprint density at radius 2 is 2.10 bits per heavy atom. The highest BCUT2D eigenvalue weighted by molar-refractivity contribution is 5.81. The average Bonchev–Trinajstić information content (AvgIpc) is 3.03. The number of furan rings is 1. The molecule has 2 heterocycles. The lowest BCUT2D eigenvalue weighted by Gasteiger charge is -2.03. The van der Waals surface area contributed by atoms with Gasteiger partial charge in [0.25, 0.3) is 0 Å². The number of fused-ring (bicyclic) bond motifs is 1. The first kappa shape index (κ1) is 12.9. The van der Waals surface area contributed by atoms with Gasteiger partial charge >= 0.3 is 0 Å². The summed E-state index contributed by atoms with van der Waals surface area (Å²) < 4.78 is 10.9. The Morgan fingerprint density at radius 1 is 1.25 bits per heavy atom. The molecule has 1 aromatic carbocycles. The molecule has 104 valence electrons. The third kappa shape index (κ3) is 2.72. The molecule has 3 aromatic rings. The molecule has 3 rings (SSSR count). The van der Waals surface area contributed by atoms with E-state index in [1.807, 2.05) is 30.3 Å². The third-order valence-electron chi connectivity index (χ3n) is 2.94. The lowest BCUT2D eigenvalue weighted by Crippen LogP contribution is -2.19.